The van der Waals surface area contributed by atoms with Crippen molar-refractivity contribution in [2.75, 3.05) is 13.2 Å². The van der Waals surface area contributed by atoms with Gasteiger partial charge in [0.05, 0.1) is 16.8 Å². The van der Waals surface area contributed by atoms with Gasteiger partial charge >= 0.3 is 5.97 Å². The molecule has 0 N–H and O–H groups in total. The van der Waals surface area contributed by atoms with E-state index >= 15 is 0 Å². The van der Waals surface area contributed by atoms with E-state index in [1.54, 1.807) is 11.5 Å². The zero-order chi connectivity index (χ0) is 21.0. The molecule has 3 aromatic rings. The molecule has 0 spiro atoms. The summed E-state index contributed by atoms with van der Waals surface area (Å²) >= 11 is 1.32. The van der Waals surface area contributed by atoms with E-state index in [9.17, 15) is 14.0 Å². The van der Waals surface area contributed by atoms with Gasteiger partial charge in [-0.1, -0.05) is 11.3 Å². The third-order valence-corrected chi connectivity index (χ3v) is 5.33. The Kier molecular flexibility index (Phi) is 6.43. The number of rotatable bonds is 6. The van der Waals surface area contributed by atoms with Crippen molar-refractivity contribution in [3.8, 4) is 5.75 Å². The van der Waals surface area contributed by atoms with Crippen molar-refractivity contribution < 1.29 is 23.5 Å². The van der Waals surface area contributed by atoms with Gasteiger partial charge in [0, 0.05) is 0 Å². The first kappa shape index (κ1) is 20.7. The molecule has 0 unspecified atom stereocenters. The van der Waals surface area contributed by atoms with Gasteiger partial charge in [-0.25, -0.2) is 4.39 Å². The van der Waals surface area contributed by atoms with E-state index < -0.39 is 11.9 Å². The number of carbonyl (C=O) groups is 2. The number of amides is 1. The molecule has 2 aromatic carbocycles. The number of hydrogen-bond donors (Lipinski definition) is 0. The van der Waals surface area contributed by atoms with Gasteiger partial charge < -0.3 is 14.0 Å². The summed E-state index contributed by atoms with van der Waals surface area (Å²) in [5.74, 6) is -0.921. The number of hydrogen-bond acceptors (Lipinski definition) is 5. The summed E-state index contributed by atoms with van der Waals surface area (Å²) in [6.45, 7) is 5.67. The number of thiazole rings is 1. The molecule has 1 aromatic heterocycles. The molecule has 0 aliphatic carbocycles. The van der Waals surface area contributed by atoms with Crippen LogP contribution >= 0.6 is 11.3 Å². The van der Waals surface area contributed by atoms with Crippen molar-refractivity contribution in [1.82, 2.24) is 4.57 Å². The molecular formula is C21H21FN2O4S. The molecular weight excluding hydrogens is 395 g/mol. The third-order valence-electron chi connectivity index (χ3n) is 4.29. The first-order chi connectivity index (χ1) is 13.9. The molecule has 1 amide bonds. The highest BCUT2D eigenvalue weighted by Gasteiger charge is 2.13. The van der Waals surface area contributed by atoms with Crippen molar-refractivity contribution in [2.24, 2.45) is 4.99 Å². The van der Waals surface area contributed by atoms with Crippen molar-refractivity contribution in [2.45, 2.75) is 27.3 Å². The summed E-state index contributed by atoms with van der Waals surface area (Å²) in [6, 6.07) is 9.36. The fraction of sp³-hybridized carbons (Fsp3) is 0.286. The molecule has 0 atom stereocenters. The molecule has 0 aliphatic heterocycles. The van der Waals surface area contributed by atoms with Crippen LogP contribution in [0.25, 0.3) is 10.2 Å². The molecule has 0 saturated heterocycles. The Bertz CT molecular complexity index is 1120. The number of benzene rings is 2. The summed E-state index contributed by atoms with van der Waals surface area (Å²) in [6.07, 6.45) is 0. The normalized spacial score (nSPS) is 11.7. The van der Waals surface area contributed by atoms with Gasteiger partial charge in [-0.3, -0.25) is 9.59 Å². The first-order valence-electron chi connectivity index (χ1n) is 9.09. The van der Waals surface area contributed by atoms with Gasteiger partial charge in [-0.2, -0.15) is 4.99 Å². The Morgan fingerprint density at radius 2 is 1.83 bits per heavy atom. The molecule has 1 heterocycles. The number of halogens is 1. The van der Waals surface area contributed by atoms with E-state index in [1.807, 2.05) is 26.0 Å². The lowest BCUT2D eigenvalue weighted by Gasteiger charge is -2.07. The van der Waals surface area contributed by atoms with Gasteiger partial charge in [-0.15, -0.1) is 0 Å². The minimum atomic E-state index is -0.507. The number of esters is 1. The highest BCUT2D eigenvalue weighted by Crippen LogP contribution is 2.22. The Morgan fingerprint density at radius 3 is 2.52 bits per heavy atom. The molecule has 3 rings (SSSR count). The minimum absolute atomic E-state index is 0.0404. The number of fused-ring (bicyclic) bond motifs is 1. The molecule has 29 heavy (non-hydrogen) atoms. The van der Waals surface area contributed by atoms with Gasteiger partial charge in [-0.05, 0) is 68.3 Å². The van der Waals surface area contributed by atoms with Crippen LogP contribution in [0, 0.1) is 19.7 Å². The molecule has 0 radical (unpaired) electrons. The average molecular weight is 416 g/mol. The second-order valence-electron chi connectivity index (χ2n) is 6.43. The zero-order valence-electron chi connectivity index (χ0n) is 16.4. The number of carbonyl (C=O) groups excluding carboxylic acids is 2. The van der Waals surface area contributed by atoms with E-state index in [0.717, 1.165) is 21.3 Å². The van der Waals surface area contributed by atoms with Crippen molar-refractivity contribution in [1.29, 1.82) is 0 Å². The number of nitrogens with zero attached hydrogens (tertiary/aromatic N) is 2. The second-order valence-corrected chi connectivity index (χ2v) is 7.44. The van der Waals surface area contributed by atoms with E-state index in [-0.39, 0.29) is 25.6 Å². The monoisotopic (exact) mass is 416 g/mol. The smallest absolute Gasteiger partial charge is 0.326 e. The lowest BCUT2D eigenvalue weighted by molar-refractivity contribution is -0.143. The van der Waals surface area contributed by atoms with Crippen LogP contribution in [-0.2, 0) is 20.9 Å². The Labute approximate surface area is 171 Å². The molecule has 0 aliphatic rings. The standard InChI is InChI=1S/C21H21FN2O4S/c1-4-27-20(26)11-24-17-9-13(2)14(3)10-18(17)29-21(24)23-19(25)12-28-16-7-5-15(22)6-8-16/h5-10H,4,11-12H2,1-3H3. The van der Waals surface area contributed by atoms with Crippen LogP contribution in [0.15, 0.2) is 41.4 Å². The maximum atomic E-state index is 13.0. The number of ether oxygens (including phenoxy) is 2. The summed E-state index contributed by atoms with van der Waals surface area (Å²) in [4.78, 5) is 28.9. The maximum absolute atomic E-state index is 13.0. The Morgan fingerprint density at radius 1 is 1.14 bits per heavy atom. The van der Waals surface area contributed by atoms with Gasteiger partial charge in [0.1, 0.15) is 18.1 Å². The first-order valence-corrected chi connectivity index (χ1v) is 9.91. The molecule has 8 heteroatoms. The maximum Gasteiger partial charge on any atom is 0.326 e. The van der Waals surface area contributed by atoms with Crippen LogP contribution in [0.5, 0.6) is 5.75 Å². The summed E-state index contributed by atoms with van der Waals surface area (Å²) in [7, 11) is 0. The Hall–Kier alpha value is -3.00. The predicted octanol–water partition coefficient (Wildman–Crippen LogP) is 3.53. The second kappa shape index (κ2) is 9.00. The van der Waals surface area contributed by atoms with Gasteiger partial charge in [0.2, 0.25) is 0 Å². The fourth-order valence-corrected chi connectivity index (χ4v) is 3.84. The lowest BCUT2D eigenvalue weighted by atomic mass is 10.1. The number of aromatic nitrogens is 1. The molecule has 152 valence electrons. The van der Waals surface area contributed by atoms with Crippen LogP contribution in [0.4, 0.5) is 4.39 Å². The fourth-order valence-electron chi connectivity index (χ4n) is 2.71. The Balaban J connectivity index is 1.92. The largest absolute Gasteiger partial charge is 0.484 e. The van der Waals surface area contributed by atoms with Crippen LogP contribution in [-0.4, -0.2) is 29.7 Å². The van der Waals surface area contributed by atoms with E-state index in [2.05, 4.69) is 4.99 Å². The van der Waals surface area contributed by atoms with Crippen molar-refractivity contribution in [3.05, 3.63) is 58.1 Å². The van der Waals surface area contributed by atoms with Crippen LogP contribution in [0.1, 0.15) is 18.1 Å². The highest BCUT2D eigenvalue weighted by molar-refractivity contribution is 7.16. The van der Waals surface area contributed by atoms with E-state index in [4.69, 9.17) is 9.47 Å². The minimum Gasteiger partial charge on any atom is -0.484 e. The van der Waals surface area contributed by atoms with Gasteiger partial charge in [0.15, 0.2) is 11.4 Å². The highest BCUT2D eigenvalue weighted by atomic mass is 32.1. The van der Waals surface area contributed by atoms with Gasteiger partial charge in [0.25, 0.3) is 5.91 Å². The molecule has 0 bridgehead atoms. The van der Waals surface area contributed by atoms with Crippen LogP contribution < -0.4 is 9.54 Å². The number of aryl methyl sites for hydroxylation is 2. The molecule has 0 fully saturated rings. The lowest BCUT2D eigenvalue weighted by Crippen LogP contribution is -2.24. The predicted molar refractivity (Wildman–Crippen MR) is 108 cm³/mol. The molecule has 6 nitrogen and oxygen atoms in total. The van der Waals surface area contributed by atoms with Crippen molar-refractivity contribution in [3.63, 3.8) is 0 Å². The van der Waals surface area contributed by atoms with E-state index in [0.29, 0.717) is 10.6 Å². The summed E-state index contributed by atoms with van der Waals surface area (Å²) < 4.78 is 26.0. The van der Waals surface area contributed by atoms with Crippen LogP contribution in [0.3, 0.4) is 0 Å². The molecule has 0 saturated carbocycles. The average Bonchev–Trinajstić information content (AvgIpc) is 2.98. The quantitative estimate of drug-likeness (QED) is 0.577. The summed E-state index contributed by atoms with van der Waals surface area (Å²) in [5, 5.41) is 0. The van der Waals surface area contributed by atoms with E-state index in [1.165, 1.54) is 35.6 Å². The SMILES string of the molecule is CCOC(=O)Cn1c(=NC(=O)COc2ccc(F)cc2)sc2cc(C)c(C)cc21. The summed E-state index contributed by atoms with van der Waals surface area (Å²) in [5.41, 5.74) is 3.00. The van der Waals surface area contributed by atoms with Crippen LogP contribution in [0.2, 0.25) is 0 Å². The third kappa shape index (κ3) is 5.08. The zero-order valence-corrected chi connectivity index (χ0v) is 17.2. The van der Waals surface area contributed by atoms with Crippen molar-refractivity contribution >= 4 is 33.4 Å². The topological polar surface area (TPSA) is 69.9 Å².